The van der Waals surface area contributed by atoms with Crippen molar-refractivity contribution in [3.63, 3.8) is 0 Å². The molecule has 329 valence electrons. The second-order valence-electron chi connectivity index (χ2n) is 17.4. The molecule has 7 aromatic rings. The first-order valence-electron chi connectivity index (χ1n) is 22.7. The molecule has 2 bridgehead atoms. The number of nitrogens with zero attached hydrogens (tertiary/aromatic N) is 6. The van der Waals surface area contributed by atoms with Gasteiger partial charge >= 0.3 is 0 Å². The summed E-state index contributed by atoms with van der Waals surface area (Å²) in [7, 11) is 0. The molecule has 0 N–H and O–H groups in total. The van der Waals surface area contributed by atoms with Gasteiger partial charge in [0, 0.05) is 44.2 Å². The maximum absolute atomic E-state index is 3.49. The average molecular weight is 1030 g/mol. The average Bonchev–Trinajstić information content (AvgIpc) is 4.09. The van der Waals surface area contributed by atoms with Crippen LogP contribution in [0, 0.1) is 37.3 Å². The number of rotatable bonds is 10. The predicted octanol–water partition coefficient (Wildman–Crippen LogP) is 11.7. The Morgan fingerprint density at radius 1 is 0.576 bits per heavy atom. The van der Waals surface area contributed by atoms with Crippen LogP contribution in [0.4, 0.5) is 17.1 Å². The van der Waals surface area contributed by atoms with E-state index in [0.717, 1.165) is 61.7 Å². The van der Waals surface area contributed by atoms with Crippen LogP contribution < -0.4 is 14.7 Å². The summed E-state index contributed by atoms with van der Waals surface area (Å²) in [5.41, 5.74) is 15.8. The van der Waals surface area contributed by atoms with Gasteiger partial charge in [0.2, 0.25) is 0 Å². The fourth-order valence-electron chi connectivity index (χ4n) is 10.2. The fraction of sp³-hybridized carbons (Fsp3) is 0.119. The zero-order valence-electron chi connectivity index (χ0n) is 36.5. The van der Waals surface area contributed by atoms with Crippen molar-refractivity contribution >= 4 is 34.2 Å². The van der Waals surface area contributed by atoms with Crippen LogP contribution >= 0.6 is 0 Å². The van der Waals surface area contributed by atoms with E-state index in [4.69, 9.17) is 0 Å². The van der Waals surface area contributed by atoms with Gasteiger partial charge in [-0.3, -0.25) is 0 Å². The molecule has 0 aromatic heterocycles. The first kappa shape index (κ1) is 41.6. The molecule has 1 radical (unpaired) electrons. The summed E-state index contributed by atoms with van der Waals surface area (Å²) in [6.07, 6.45) is 9.81. The fourth-order valence-corrected chi connectivity index (χ4v) is 10.2. The molecule has 1 atom stereocenters. The van der Waals surface area contributed by atoms with Crippen LogP contribution in [0.1, 0.15) is 45.4 Å². The third kappa shape index (κ3) is 7.93. The minimum absolute atomic E-state index is 0. The van der Waals surface area contributed by atoms with E-state index in [2.05, 4.69) is 231 Å². The van der Waals surface area contributed by atoms with Gasteiger partial charge in [0.1, 0.15) is 0 Å². The van der Waals surface area contributed by atoms with Gasteiger partial charge < -0.3 is 29.4 Å². The van der Waals surface area contributed by atoms with Gasteiger partial charge in [0.25, 0.3) is 0 Å². The second kappa shape index (κ2) is 18.1. The largest absolute Gasteiger partial charge is 0.513 e. The molecule has 0 saturated heterocycles. The summed E-state index contributed by atoms with van der Waals surface area (Å²) < 4.78 is 0. The third-order valence-electron chi connectivity index (χ3n) is 13.2. The van der Waals surface area contributed by atoms with Crippen molar-refractivity contribution in [2.75, 3.05) is 34.3 Å². The minimum atomic E-state index is 0. The Kier molecular flexibility index (Phi) is 11.4. The van der Waals surface area contributed by atoms with Gasteiger partial charge in [0.05, 0.1) is 11.9 Å². The van der Waals surface area contributed by atoms with Crippen molar-refractivity contribution in [2.24, 2.45) is 0 Å². The minimum Gasteiger partial charge on any atom is -0.513 e. The maximum atomic E-state index is 3.49. The van der Waals surface area contributed by atoms with Gasteiger partial charge in [0.15, 0.2) is 0 Å². The Balaban J connectivity index is 0.00000481. The normalized spacial score (nSPS) is 17.3. The molecule has 5 aliphatic rings. The van der Waals surface area contributed by atoms with Gasteiger partial charge in [-0.05, 0) is 55.0 Å². The number of para-hydroxylation sites is 3. The topological polar surface area (TPSA) is 19.4 Å². The summed E-state index contributed by atoms with van der Waals surface area (Å²) in [6, 6.07) is 72.3. The summed E-state index contributed by atoms with van der Waals surface area (Å²) in [5, 5.41) is 0. The molecule has 1 unspecified atom stereocenters. The number of hydrogen-bond donors (Lipinski definition) is 0. The molecule has 0 spiro atoms. The smallest absolute Gasteiger partial charge is 0.0713 e. The van der Waals surface area contributed by atoms with Crippen molar-refractivity contribution in [1.29, 1.82) is 0 Å². The summed E-state index contributed by atoms with van der Waals surface area (Å²) in [5.74, 6) is 2.83. The summed E-state index contributed by atoms with van der Waals surface area (Å²) in [6.45, 7) is 7.02. The third-order valence-corrected chi connectivity index (χ3v) is 13.2. The standard InChI is InChI=1S/C59H48N6.Ir/c1-6-18-46(19-7-1)56-39-60(42-63(56)51-24-12-4-13-25-51)32-30-44-34-45-31-33-62-41-58(48-22-10-3-11-23-48)65-55-29-17-16-28-53(55)50(37-54(59(62)65)49(35-44)36-45)38-61-40-57(47-20-8-2-9-21-47)64(43-61)52-26-14-5-15-27-52;/h1-24,26,28-29,34-36,39-43,59H,30-33,37-38H2;/q-6;. The van der Waals surface area contributed by atoms with E-state index >= 15 is 0 Å². The number of fused-ring (bicyclic) bond motifs is 5. The zero-order chi connectivity index (χ0) is 43.1. The molecule has 0 fully saturated rings. The predicted molar refractivity (Wildman–Crippen MR) is 263 cm³/mol. The van der Waals surface area contributed by atoms with Crippen LogP contribution in [0.3, 0.4) is 0 Å². The van der Waals surface area contributed by atoms with Crippen LogP contribution in [-0.2, 0) is 32.9 Å². The molecule has 7 aromatic carbocycles. The molecular formula is C59H48IrN6-6. The van der Waals surface area contributed by atoms with E-state index in [0.29, 0.717) is 0 Å². The summed E-state index contributed by atoms with van der Waals surface area (Å²) >= 11 is 0. The van der Waals surface area contributed by atoms with E-state index in [1.807, 2.05) is 24.3 Å². The van der Waals surface area contributed by atoms with E-state index in [-0.39, 0.29) is 26.3 Å². The van der Waals surface area contributed by atoms with Crippen molar-refractivity contribution in [1.82, 2.24) is 14.7 Å². The Labute approximate surface area is 403 Å². The molecule has 66 heavy (non-hydrogen) atoms. The number of hydrogen-bond acceptors (Lipinski definition) is 6. The van der Waals surface area contributed by atoms with Crippen molar-refractivity contribution in [3.05, 3.63) is 277 Å². The van der Waals surface area contributed by atoms with E-state index in [9.17, 15) is 0 Å². The first-order chi connectivity index (χ1) is 32.2. The van der Waals surface area contributed by atoms with Gasteiger partial charge in [-0.25, -0.2) is 0 Å². The SMILES string of the molecule is [Ir].[c-]1ccccc1N1[CH-]N(CCc2cc3cc(c2)[C-]2C[C-](CN4C=C(c5ccccc5)N(c5[c-]cccc5)[CH-]4)c4ccccc4N4C(c5ccccc5)=CN(CC3)C24)C=C1c1ccccc1. The molecule has 5 heterocycles. The quantitative estimate of drug-likeness (QED) is 0.126. The van der Waals surface area contributed by atoms with Gasteiger partial charge in [-0.1, -0.05) is 121 Å². The van der Waals surface area contributed by atoms with Crippen LogP contribution in [0.2, 0.25) is 0 Å². The molecule has 12 rings (SSSR count). The monoisotopic (exact) mass is 1030 g/mol. The van der Waals surface area contributed by atoms with Crippen molar-refractivity contribution in [2.45, 2.75) is 25.4 Å². The summed E-state index contributed by atoms with van der Waals surface area (Å²) in [4.78, 5) is 14.5. The number of benzene rings is 7. The second-order valence-corrected chi connectivity index (χ2v) is 17.4. The van der Waals surface area contributed by atoms with Crippen molar-refractivity contribution in [3.8, 4) is 0 Å². The molecule has 5 aliphatic heterocycles. The molecule has 0 aliphatic carbocycles. The molecule has 6 nitrogen and oxygen atoms in total. The molecule has 7 heteroatoms. The molecular weight excluding hydrogens is 985 g/mol. The first-order valence-corrected chi connectivity index (χ1v) is 22.7. The molecule has 0 amide bonds. The van der Waals surface area contributed by atoms with Crippen molar-refractivity contribution < 1.29 is 20.1 Å². The Hall–Kier alpha value is -7.05. The van der Waals surface area contributed by atoms with Gasteiger partial charge in [-0.2, -0.15) is 109 Å². The zero-order valence-corrected chi connectivity index (χ0v) is 38.9. The van der Waals surface area contributed by atoms with Crippen LogP contribution in [0.25, 0.3) is 17.1 Å². The van der Waals surface area contributed by atoms with Crippen LogP contribution in [-0.4, -0.2) is 40.5 Å². The Morgan fingerprint density at radius 2 is 1.15 bits per heavy atom. The van der Waals surface area contributed by atoms with Crippen LogP contribution in [0.5, 0.6) is 0 Å². The Morgan fingerprint density at radius 3 is 1.79 bits per heavy atom. The van der Waals surface area contributed by atoms with Crippen LogP contribution in [0.15, 0.2) is 201 Å². The van der Waals surface area contributed by atoms with E-state index in [1.54, 1.807) is 0 Å². The van der Waals surface area contributed by atoms with Gasteiger partial charge in [-0.15, -0.1) is 34.5 Å². The maximum Gasteiger partial charge on any atom is 0.0713 e. The van der Waals surface area contributed by atoms with E-state index < -0.39 is 0 Å². The van der Waals surface area contributed by atoms with E-state index in [1.165, 1.54) is 62.2 Å². The molecule has 0 saturated carbocycles. The Bertz CT molecular complexity index is 2890. The number of anilines is 3.